The van der Waals surface area contributed by atoms with Crippen molar-refractivity contribution in [2.24, 2.45) is 0 Å². The molecule has 0 bridgehead atoms. The Bertz CT molecular complexity index is 1750. The number of para-hydroxylation sites is 2. The molecule has 0 fully saturated rings. The van der Waals surface area contributed by atoms with E-state index in [0.717, 1.165) is 33.9 Å². The molecule has 206 valence electrons. The summed E-state index contributed by atoms with van der Waals surface area (Å²) >= 11 is 7.20. The molecule has 1 N–H and O–H groups in total. The lowest BCUT2D eigenvalue weighted by atomic mass is 9.90. The van der Waals surface area contributed by atoms with Crippen LogP contribution in [0.2, 0.25) is 0 Å². The molecule has 0 aromatic heterocycles. The van der Waals surface area contributed by atoms with Gasteiger partial charge < -0.3 is 4.90 Å². The van der Waals surface area contributed by atoms with E-state index in [1.807, 2.05) is 109 Å². The van der Waals surface area contributed by atoms with E-state index in [9.17, 15) is 13.0 Å². The summed E-state index contributed by atoms with van der Waals surface area (Å²) in [6.07, 6.45) is 7.98. The molecular formula is C33H27Br2N2O3S+. The molecule has 5 nitrogen and oxygen atoms in total. The van der Waals surface area contributed by atoms with E-state index in [1.54, 1.807) is 18.2 Å². The Labute approximate surface area is 257 Å². The molecule has 1 aliphatic rings. The van der Waals surface area contributed by atoms with Crippen LogP contribution >= 0.6 is 31.9 Å². The molecule has 0 aliphatic heterocycles. The number of alkyl halides is 2. The first-order valence-electron chi connectivity index (χ1n) is 12.8. The van der Waals surface area contributed by atoms with Crippen molar-refractivity contribution in [3.8, 4) is 0 Å². The maximum atomic E-state index is 12.4. The summed E-state index contributed by atoms with van der Waals surface area (Å²) in [4.78, 5) is 1.99. The highest BCUT2D eigenvalue weighted by Gasteiger charge is 2.22. The van der Waals surface area contributed by atoms with E-state index < -0.39 is 10.1 Å². The number of rotatable bonds is 8. The van der Waals surface area contributed by atoms with Gasteiger partial charge in [0.15, 0.2) is 0 Å². The topological polar surface area (TPSA) is 60.6 Å². The van der Waals surface area contributed by atoms with Crippen molar-refractivity contribution in [1.82, 2.24) is 0 Å². The normalized spacial score (nSPS) is 12.9. The number of hydrogen-bond acceptors (Lipinski definition) is 3. The molecular weight excluding hydrogens is 664 g/mol. The highest BCUT2D eigenvalue weighted by molar-refractivity contribution is 9.09. The van der Waals surface area contributed by atoms with E-state index in [0.29, 0.717) is 22.0 Å². The quantitative estimate of drug-likeness (QED) is 0.0872. The van der Waals surface area contributed by atoms with Crippen LogP contribution in [0.1, 0.15) is 11.1 Å². The van der Waals surface area contributed by atoms with Gasteiger partial charge in [-0.25, -0.2) is 0 Å². The summed E-state index contributed by atoms with van der Waals surface area (Å²) in [5.74, 6) is 0. The van der Waals surface area contributed by atoms with E-state index in [-0.39, 0.29) is 4.90 Å². The number of anilines is 2. The van der Waals surface area contributed by atoms with E-state index in [4.69, 9.17) is 0 Å². The standard InChI is InChI=1S/C33H26Br2N2O3S/c34-23-36(27-9-3-1-4-10-27)29-19-15-25(16-20-29)33(31-13-7-8-14-32(31)41(38,39)40)26-17-21-30(22-18-26)37(24-35)28-11-5-2-6-12-28/h1-22H,23-24H2/p+1. The maximum Gasteiger partial charge on any atom is 0.295 e. The summed E-state index contributed by atoms with van der Waals surface area (Å²) in [7, 11) is -4.47. The van der Waals surface area contributed by atoms with Gasteiger partial charge in [0.25, 0.3) is 10.1 Å². The Morgan fingerprint density at radius 2 is 1.27 bits per heavy atom. The molecule has 8 heteroatoms. The zero-order valence-electron chi connectivity index (χ0n) is 21.9. The second kappa shape index (κ2) is 13.0. The number of nitrogens with zero attached hydrogens (tertiary/aromatic N) is 2. The molecule has 1 aliphatic carbocycles. The lowest BCUT2D eigenvalue weighted by Crippen LogP contribution is -2.14. The van der Waals surface area contributed by atoms with Gasteiger partial charge in [-0.1, -0.05) is 82.7 Å². The Kier molecular flexibility index (Phi) is 9.15. The number of benzene rings is 4. The first-order valence-corrected chi connectivity index (χ1v) is 16.5. The summed E-state index contributed by atoms with van der Waals surface area (Å²) in [5.41, 5.74) is 8.02. The Morgan fingerprint density at radius 3 is 1.85 bits per heavy atom. The van der Waals surface area contributed by atoms with E-state index in [1.165, 1.54) is 6.07 Å². The van der Waals surface area contributed by atoms with Crippen molar-refractivity contribution < 1.29 is 17.5 Å². The van der Waals surface area contributed by atoms with Gasteiger partial charge >= 0.3 is 0 Å². The SMILES string of the molecule is O=S(=O)(O)c1ccccc1C(=C1C=CC(=[N+](CBr)c2ccccc2)C=C1)c1ccc(N(CBr)c2ccccc2)cc1. The predicted molar refractivity (Wildman–Crippen MR) is 175 cm³/mol. The third-order valence-corrected chi connectivity index (χ3v) is 8.66. The van der Waals surface area contributed by atoms with E-state index in [2.05, 4.69) is 41.3 Å². The highest BCUT2D eigenvalue weighted by Crippen LogP contribution is 2.35. The van der Waals surface area contributed by atoms with Crippen LogP contribution in [0.4, 0.5) is 17.1 Å². The molecule has 41 heavy (non-hydrogen) atoms. The Morgan fingerprint density at radius 1 is 0.707 bits per heavy atom. The van der Waals surface area contributed by atoms with Crippen molar-refractivity contribution >= 4 is 70.3 Å². The summed E-state index contributed by atoms with van der Waals surface area (Å²) < 4.78 is 37.1. The monoisotopic (exact) mass is 689 g/mol. The first-order chi connectivity index (χ1) is 19.9. The largest absolute Gasteiger partial charge is 0.331 e. The van der Waals surface area contributed by atoms with Crippen LogP contribution in [0, 0.1) is 0 Å². The maximum absolute atomic E-state index is 12.4. The molecule has 0 saturated heterocycles. The Hall–Kier alpha value is -3.56. The fraction of sp³-hybridized carbons (Fsp3) is 0.0606. The van der Waals surface area contributed by atoms with Gasteiger partial charge in [0.2, 0.25) is 16.9 Å². The minimum absolute atomic E-state index is 0.138. The van der Waals surface area contributed by atoms with Gasteiger partial charge in [0, 0.05) is 41.2 Å². The minimum Gasteiger partial charge on any atom is -0.331 e. The molecule has 4 aromatic carbocycles. The lowest BCUT2D eigenvalue weighted by molar-refractivity contribution is -0.412. The number of allylic oxidation sites excluding steroid dienone is 5. The number of hydrogen-bond donors (Lipinski definition) is 1. The van der Waals surface area contributed by atoms with Gasteiger partial charge in [-0.3, -0.25) is 4.55 Å². The lowest BCUT2D eigenvalue weighted by Gasteiger charge is -2.23. The van der Waals surface area contributed by atoms with Gasteiger partial charge in [-0.05, 0) is 75.1 Å². The summed E-state index contributed by atoms with van der Waals surface area (Å²) in [6.45, 7) is 0. The Balaban J connectivity index is 1.64. The third kappa shape index (κ3) is 6.52. The second-order valence-electron chi connectivity index (χ2n) is 9.21. The zero-order valence-corrected chi connectivity index (χ0v) is 25.9. The predicted octanol–water partition coefficient (Wildman–Crippen LogP) is 8.49. The fourth-order valence-corrected chi connectivity index (χ4v) is 6.64. The van der Waals surface area contributed by atoms with Crippen LogP contribution in [0.5, 0.6) is 0 Å². The van der Waals surface area contributed by atoms with Crippen LogP contribution < -0.4 is 4.90 Å². The van der Waals surface area contributed by atoms with Crippen LogP contribution in [-0.2, 0) is 10.1 Å². The van der Waals surface area contributed by atoms with Crippen molar-refractivity contribution in [3.63, 3.8) is 0 Å². The van der Waals surface area contributed by atoms with Crippen molar-refractivity contribution in [2.75, 3.05) is 15.8 Å². The van der Waals surface area contributed by atoms with Crippen molar-refractivity contribution in [3.05, 3.63) is 150 Å². The summed E-state index contributed by atoms with van der Waals surface area (Å²) in [6, 6.07) is 34.6. The van der Waals surface area contributed by atoms with Crippen LogP contribution in [0.3, 0.4) is 0 Å². The second-order valence-corrected chi connectivity index (χ2v) is 11.6. The van der Waals surface area contributed by atoms with Crippen LogP contribution in [0.25, 0.3) is 5.57 Å². The molecule has 0 heterocycles. The van der Waals surface area contributed by atoms with Gasteiger partial charge in [0.05, 0.1) is 5.45 Å². The molecule has 5 rings (SSSR count). The average Bonchev–Trinajstić information content (AvgIpc) is 3.00. The molecule has 0 radical (unpaired) electrons. The first kappa shape index (κ1) is 29.0. The molecule has 4 aromatic rings. The van der Waals surface area contributed by atoms with Gasteiger partial charge in [0.1, 0.15) is 4.90 Å². The summed E-state index contributed by atoms with van der Waals surface area (Å²) in [5, 5.41) is 0. The molecule has 0 spiro atoms. The zero-order chi connectivity index (χ0) is 28.8. The highest BCUT2D eigenvalue weighted by atomic mass is 79.9. The fourth-order valence-electron chi connectivity index (χ4n) is 4.78. The van der Waals surface area contributed by atoms with Crippen LogP contribution in [0.15, 0.2) is 144 Å². The molecule has 0 unspecified atom stereocenters. The number of halogens is 2. The van der Waals surface area contributed by atoms with Gasteiger partial charge in [-0.2, -0.15) is 13.0 Å². The van der Waals surface area contributed by atoms with E-state index >= 15 is 0 Å². The minimum atomic E-state index is -4.47. The van der Waals surface area contributed by atoms with Crippen molar-refractivity contribution in [2.45, 2.75) is 4.90 Å². The average molecular weight is 691 g/mol. The van der Waals surface area contributed by atoms with Crippen LogP contribution in [-0.4, -0.2) is 34.2 Å². The smallest absolute Gasteiger partial charge is 0.295 e. The van der Waals surface area contributed by atoms with Crippen molar-refractivity contribution in [1.29, 1.82) is 0 Å². The van der Waals surface area contributed by atoms with Gasteiger partial charge in [-0.15, -0.1) is 0 Å². The molecule has 0 saturated carbocycles. The third-order valence-electron chi connectivity index (χ3n) is 6.74. The molecule has 0 atom stereocenters. The molecule has 0 amide bonds.